The lowest BCUT2D eigenvalue weighted by Crippen LogP contribution is -2.13. The van der Waals surface area contributed by atoms with E-state index in [1.165, 1.54) is 12.0 Å². The summed E-state index contributed by atoms with van der Waals surface area (Å²) >= 11 is 0. The monoisotopic (exact) mass is 258 g/mol. The molecule has 0 aliphatic heterocycles. The van der Waals surface area contributed by atoms with Gasteiger partial charge in [-0.2, -0.15) is 18.3 Å². The van der Waals surface area contributed by atoms with Crippen LogP contribution in [0.4, 0.5) is 22.0 Å². The molecule has 1 aromatic heterocycles. The van der Waals surface area contributed by atoms with Crippen molar-refractivity contribution >= 4 is 5.97 Å². The number of carbonyl (C=O) groups excluding carboxylic acids is 1. The molecule has 0 aliphatic rings. The van der Waals surface area contributed by atoms with E-state index in [4.69, 9.17) is 0 Å². The third kappa shape index (κ3) is 2.92. The SMILES string of the molecule is CCC(=O)Oc1c(C(F)F)n[nH]c1C(F)(F)F. The average molecular weight is 258 g/mol. The Morgan fingerprint density at radius 1 is 1.47 bits per heavy atom. The Hall–Kier alpha value is -1.67. The van der Waals surface area contributed by atoms with E-state index >= 15 is 0 Å². The molecule has 0 radical (unpaired) electrons. The highest BCUT2D eigenvalue weighted by Gasteiger charge is 2.40. The van der Waals surface area contributed by atoms with Crippen molar-refractivity contribution in [3.63, 3.8) is 0 Å². The molecule has 1 rings (SSSR count). The van der Waals surface area contributed by atoms with E-state index in [0.717, 1.165) is 0 Å². The van der Waals surface area contributed by atoms with Crippen LogP contribution < -0.4 is 4.74 Å². The van der Waals surface area contributed by atoms with Crippen LogP contribution in [-0.4, -0.2) is 16.2 Å². The number of nitrogens with zero attached hydrogens (tertiary/aromatic N) is 1. The van der Waals surface area contributed by atoms with Crippen molar-refractivity contribution in [2.75, 3.05) is 0 Å². The van der Waals surface area contributed by atoms with Crippen molar-refractivity contribution < 1.29 is 31.5 Å². The zero-order valence-corrected chi connectivity index (χ0v) is 8.44. The summed E-state index contributed by atoms with van der Waals surface area (Å²) in [7, 11) is 0. The third-order valence-corrected chi connectivity index (χ3v) is 1.74. The Bertz CT molecular complexity index is 413. The van der Waals surface area contributed by atoms with Crippen molar-refractivity contribution in [2.45, 2.75) is 25.9 Å². The fourth-order valence-electron chi connectivity index (χ4n) is 0.975. The fraction of sp³-hybridized carbons (Fsp3) is 0.500. The van der Waals surface area contributed by atoms with Gasteiger partial charge in [-0.3, -0.25) is 9.89 Å². The van der Waals surface area contributed by atoms with Crippen LogP contribution >= 0.6 is 0 Å². The quantitative estimate of drug-likeness (QED) is 0.669. The molecule has 96 valence electrons. The molecule has 1 aromatic rings. The van der Waals surface area contributed by atoms with Crippen LogP contribution in [0.2, 0.25) is 0 Å². The topological polar surface area (TPSA) is 55.0 Å². The second kappa shape index (κ2) is 4.68. The molecule has 1 heterocycles. The Labute approximate surface area is 91.8 Å². The van der Waals surface area contributed by atoms with Gasteiger partial charge in [0.1, 0.15) is 0 Å². The third-order valence-electron chi connectivity index (χ3n) is 1.74. The molecule has 4 nitrogen and oxygen atoms in total. The minimum atomic E-state index is -4.95. The number of alkyl halides is 5. The predicted molar refractivity (Wildman–Crippen MR) is 44.5 cm³/mol. The maximum absolute atomic E-state index is 12.4. The summed E-state index contributed by atoms with van der Waals surface area (Å²) in [6, 6.07) is 0. The van der Waals surface area contributed by atoms with Crippen molar-refractivity contribution in [1.82, 2.24) is 10.2 Å². The van der Waals surface area contributed by atoms with E-state index < -0.39 is 35.7 Å². The number of aromatic amines is 1. The van der Waals surface area contributed by atoms with Crippen LogP contribution in [0.15, 0.2) is 0 Å². The first kappa shape index (κ1) is 13.4. The number of halogens is 5. The van der Waals surface area contributed by atoms with Gasteiger partial charge in [0.15, 0.2) is 17.1 Å². The largest absolute Gasteiger partial charge is 0.436 e. The zero-order valence-electron chi connectivity index (χ0n) is 8.44. The predicted octanol–water partition coefficient (Wildman–Crippen LogP) is 2.68. The maximum Gasteiger partial charge on any atom is 0.436 e. The summed E-state index contributed by atoms with van der Waals surface area (Å²) in [5.74, 6) is -2.32. The van der Waals surface area contributed by atoms with Crippen LogP contribution in [-0.2, 0) is 11.0 Å². The second-order valence-corrected chi connectivity index (χ2v) is 2.94. The molecule has 0 saturated heterocycles. The molecule has 0 unspecified atom stereocenters. The molecule has 0 aliphatic carbocycles. The number of aromatic nitrogens is 2. The number of carbonyl (C=O) groups is 1. The molecular formula is C8H7F5N2O2. The average Bonchev–Trinajstić information content (AvgIpc) is 2.60. The number of rotatable bonds is 3. The van der Waals surface area contributed by atoms with Gasteiger partial charge < -0.3 is 4.74 Å². The molecule has 0 fully saturated rings. The van der Waals surface area contributed by atoms with E-state index in [-0.39, 0.29) is 6.42 Å². The number of hydrogen-bond donors (Lipinski definition) is 1. The normalized spacial score (nSPS) is 11.9. The molecule has 0 amide bonds. The van der Waals surface area contributed by atoms with Crippen LogP contribution in [0.1, 0.15) is 31.2 Å². The summed E-state index contributed by atoms with van der Waals surface area (Å²) < 4.78 is 66.0. The first-order valence-electron chi connectivity index (χ1n) is 4.41. The van der Waals surface area contributed by atoms with Crippen molar-refractivity contribution in [1.29, 1.82) is 0 Å². The second-order valence-electron chi connectivity index (χ2n) is 2.94. The highest BCUT2D eigenvalue weighted by Crippen LogP contribution is 2.39. The highest BCUT2D eigenvalue weighted by atomic mass is 19.4. The van der Waals surface area contributed by atoms with Crippen molar-refractivity contribution in [2.24, 2.45) is 0 Å². The lowest BCUT2D eigenvalue weighted by Gasteiger charge is -2.08. The van der Waals surface area contributed by atoms with Crippen molar-refractivity contribution in [3.05, 3.63) is 11.4 Å². The Morgan fingerprint density at radius 2 is 2.06 bits per heavy atom. The molecule has 1 N–H and O–H groups in total. The van der Waals surface area contributed by atoms with E-state index in [2.05, 4.69) is 9.84 Å². The summed E-state index contributed by atoms with van der Waals surface area (Å²) in [4.78, 5) is 10.9. The fourth-order valence-corrected chi connectivity index (χ4v) is 0.975. The minimum Gasteiger partial charge on any atom is -0.422 e. The molecule has 0 bridgehead atoms. The van der Waals surface area contributed by atoms with Gasteiger partial charge in [0.25, 0.3) is 6.43 Å². The Kier molecular flexibility index (Phi) is 3.69. The standard InChI is InChI=1S/C8H7F5N2O2/c1-2-3(16)17-5-4(7(9)10)14-15-6(5)8(11,12)13/h7H,2H2,1H3,(H,14,15). The van der Waals surface area contributed by atoms with E-state index in [0.29, 0.717) is 0 Å². The Balaban J connectivity index is 3.20. The maximum atomic E-state index is 12.4. The highest BCUT2D eigenvalue weighted by molar-refractivity contribution is 5.72. The molecule has 0 atom stereocenters. The first-order valence-corrected chi connectivity index (χ1v) is 4.41. The number of esters is 1. The molecule has 9 heteroatoms. The first-order chi connectivity index (χ1) is 7.77. The van der Waals surface area contributed by atoms with Crippen LogP contribution in [0.3, 0.4) is 0 Å². The summed E-state index contributed by atoms with van der Waals surface area (Å²) in [5.41, 5.74) is -2.84. The lowest BCUT2D eigenvalue weighted by atomic mass is 10.3. The van der Waals surface area contributed by atoms with Crippen LogP contribution in [0, 0.1) is 0 Å². The molecule has 0 aromatic carbocycles. The van der Waals surface area contributed by atoms with E-state index in [9.17, 15) is 26.7 Å². The Morgan fingerprint density at radius 3 is 2.47 bits per heavy atom. The number of nitrogens with one attached hydrogen (secondary N) is 1. The van der Waals surface area contributed by atoms with E-state index in [1.54, 1.807) is 0 Å². The number of hydrogen-bond acceptors (Lipinski definition) is 3. The van der Waals surface area contributed by atoms with Gasteiger partial charge in [0, 0.05) is 6.42 Å². The summed E-state index contributed by atoms with van der Waals surface area (Å²) in [6.07, 6.45) is -8.48. The molecule has 0 spiro atoms. The summed E-state index contributed by atoms with van der Waals surface area (Å²) in [6.45, 7) is 1.32. The molecule has 0 saturated carbocycles. The molecular weight excluding hydrogens is 251 g/mol. The lowest BCUT2D eigenvalue weighted by molar-refractivity contribution is -0.144. The van der Waals surface area contributed by atoms with Gasteiger partial charge in [-0.1, -0.05) is 6.92 Å². The smallest absolute Gasteiger partial charge is 0.422 e. The van der Waals surface area contributed by atoms with Gasteiger partial charge in [-0.25, -0.2) is 8.78 Å². The zero-order chi connectivity index (χ0) is 13.2. The summed E-state index contributed by atoms with van der Waals surface area (Å²) in [5, 5.41) is 4.19. The van der Waals surface area contributed by atoms with Gasteiger partial charge in [0.2, 0.25) is 0 Å². The minimum absolute atomic E-state index is 0.245. The van der Waals surface area contributed by atoms with E-state index in [1.807, 2.05) is 0 Å². The number of H-pyrrole nitrogens is 1. The number of ether oxygens (including phenoxy) is 1. The van der Waals surface area contributed by atoms with Gasteiger partial charge >= 0.3 is 12.1 Å². The van der Waals surface area contributed by atoms with Gasteiger partial charge in [0.05, 0.1) is 0 Å². The van der Waals surface area contributed by atoms with Crippen LogP contribution in [0.5, 0.6) is 5.75 Å². The molecule has 17 heavy (non-hydrogen) atoms. The van der Waals surface area contributed by atoms with Crippen LogP contribution in [0.25, 0.3) is 0 Å². The van der Waals surface area contributed by atoms with Gasteiger partial charge in [-0.15, -0.1) is 0 Å². The van der Waals surface area contributed by atoms with Gasteiger partial charge in [-0.05, 0) is 0 Å². The van der Waals surface area contributed by atoms with Crippen molar-refractivity contribution in [3.8, 4) is 5.75 Å².